The summed E-state index contributed by atoms with van der Waals surface area (Å²) in [5.74, 6) is 0.166. The third-order valence-electron chi connectivity index (χ3n) is 4.56. The first-order chi connectivity index (χ1) is 9.49. The van der Waals surface area contributed by atoms with E-state index >= 15 is 0 Å². The summed E-state index contributed by atoms with van der Waals surface area (Å²) in [6, 6.07) is 10.6. The van der Waals surface area contributed by atoms with Crippen molar-refractivity contribution in [3.8, 4) is 0 Å². The number of piperidine rings is 1. The molecule has 1 saturated heterocycles. The van der Waals surface area contributed by atoms with Crippen LogP contribution in [0, 0.1) is 5.92 Å². The second-order valence-corrected chi connectivity index (χ2v) is 5.98. The lowest BCUT2D eigenvalue weighted by Crippen LogP contribution is -2.53. The maximum atomic E-state index is 12.0. The van der Waals surface area contributed by atoms with E-state index in [-0.39, 0.29) is 24.3 Å². The Morgan fingerprint density at radius 2 is 1.95 bits per heavy atom. The van der Waals surface area contributed by atoms with Crippen molar-refractivity contribution < 1.29 is 9.53 Å². The number of hydrogen-bond donors (Lipinski definition) is 0. The molecule has 3 nitrogen and oxygen atoms in total. The van der Waals surface area contributed by atoms with Gasteiger partial charge in [-0.05, 0) is 19.5 Å². The number of likely N-dealkylation sites (tertiary alicyclic amines) is 1. The number of esters is 1. The van der Waals surface area contributed by atoms with Crippen LogP contribution in [0.25, 0.3) is 0 Å². The number of halogens is 1. The molecule has 0 bridgehead atoms. The van der Waals surface area contributed by atoms with Crippen LogP contribution < -0.4 is 0 Å². The first-order valence-electron chi connectivity index (χ1n) is 7.47. The molecule has 0 aliphatic carbocycles. The van der Waals surface area contributed by atoms with Crippen LogP contribution in [0.1, 0.15) is 39.2 Å². The van der Waals surface area contributed by atoms with Crippen molar-refractivity contribution in [1.29, 1.82) is 0 Å². The molecule has 0 N–H and O–H groups in total. The van der Waals surface area contributed by atoms with E-state index in [1.54, 1.807) is 0 Å². The quantitative estimate of drug-likeness (QED) is 0.799. The number of carbonyl (C=O) groups is 1. The van der Waals surface area contributed by atoms with E-state index in [2.05, 4.69) is 37.9 Å². The summed E-state index contributed by atoms with van der Waals surface area (Å²) in [6.45, 7) is 7.17. The Morgan fingerprint density at radius 3 is 2.52 bits per heavy atom. The molecule has 1 aromatic carbocycles. The maximum absolute atomic E-state index is 12.0. The van der Waals surface area contributed by atoms with E-state index < -0.39 is 5.60 Å². The molecule has 1 aromatic rings. The first-order valence-corrected chi connectivity index (χ1v) is 7.47. The molecule has 0 aromatic heterocycles. The zero-order valence-corrected chi connectivity index (χ0v) is 14.2. The van der Waals surface area contributed by atoms with Gasteiger partial charge in [-0.25, -0.2) is 0 Å². The van der Waals surface area contributed by atoms with E-state index in [4.69, 9.17) is 4.74 Å². The molecular formula is C17H26ClNO2. The van der Waals surface area contributed by atoms with Crippen molar-refractivity contribution in [2.75, 3.05) is 13.6 Å². The molecule has 2 rings (SSSR count). The summed E-state index contributed by atoms with van der Waals surface area (Å²) in [5, 5.41) is 0. The largest absolute Gasteiger partial charge is 0.454 e. The highest BCUT2D eigenvalue weighted by Crippen LogP contribution is 2.43. The van der Waals surface area contributed by atoms with Gasteiger partial charge >= 0.3 is 5.97 Å². The second-order valence-electron chi connectivity index (χ2n) is 5.98. The summed E-state index contributed by atoms with van der Waals surface area (Å²) in [4.78, 5) is 14.3. The normalized spacial score (nSPS) is 29.5. The molecule has 1 heterocycles. The van der Waals surface area contributed by atoms with Crippen molar-refractivity contribution >= 4 is 18.4 Å². The third kappa shape index (κ3) is 3.58. The average Bonchev–Trinajstić information content (AvgIpc) is 2.45. The predicted molar refractivity (Wildman–Crippen MR) is 87.6 cm³/mol. The maximum Gasteiger partial charge on any atom is 0.306 e. The molecule has 0 unspecified atom stereocenters. The molecular weight excluding hydrogens is 286 g/mol. The second kappa shape index (κ2) is 7.28. The number of ether oxygens (including phenoxy) is 1. The van der Waals surface area contributed by atoms with E-state index in [0.29, 0.717) is 12.5 Å². The lowest BCUT2D eigenvalue weighted by molar-refractivity contribution is -0.177. The SMILES string of the molecule is CCC(=O)O[C@@]1(c2ccccc2)C[C@@H](C)N(C)C[C@H]1C.Cl. The van der Waals surface area contributed by atoms with Gasteiger partial charge in [0.2, 0.25) is 0 Å². The zero-order chi connectivity index (χ0) is 14.8. The zero-order valence-electron chi connectivity index (χ0n) is 13.3. The molecule has 0 saturated carbocycles. The van der Waals surface area contributed by atoms with Crippen molar-refractivity contribution in [2.45, 2.75) is 45.3 Å². The van der Waals surface area contributed by atoms with Gasteiger partial charge in [0.15, 0.2) is 0 Å². The standard InChI is InChI=1S/C17H25NO2.ClH/c1-5-16(19)20-17(15-9-7-6-8-10-15)11-14(3)18(4)12-13(17)2;/h6-10,13-14H,5,11-12H2,1-4H3;1H/t13-,14-,17+;/m1./s1. The Bertz CT molecular complexity index is 465. The smallest absolute Gasteiger partial charge is 0.306 e. The van der Waals surface area contributed by atoms with Gasteiger partial charge in [-0.3, -0.25) is 4.79 Å². The molecule has 0 amide bonds. The lowest BCUT2D eigenvalue weighted by atomic mass is 9.74. The molecule has 1 aliphatic heterocycles. The fourth-order valence-electron chi connectivity index (χ4n) is 3.15. The van der Waals surface area contributed by atoms with E-state index in [1.165, 1.54) is 0 Å². The highest BCUT2D eigenvalue weighted by atomic mass is 35.5. The fourth-order valence-corrected chi connectivity index (χ4v) is 3.15. The van der Waals surface area contributed by atoms with Crippen molar-refractivity contribution in [2.24, 2.45) is 5.92 Å². The summed E-state index contributed by atoms with van der Waals surface area (Å²) in [5.41, 5.74) is 0.634. The van der Waals surface area contributed by atoms with Gasteiger partial charge in [0.25, 0.3) is 0 Å². The highest BCUT2D eigenvalue weighted by molar-refractivity contribution is 5.85. The van der Waals surface area contributed by atoms with E-state index in [0.717, 1.165) is 18.5 Å². The van der Waals surface area contributed by atoms with E-state index in [1.807, 2.05) is 25.1 Å². The van der Waals surface area contributed by atoms with Crippen LogP contribution in [0.15, 0.2) is 30.3 Å². The van der Waals surface area contributed by atoms with Gasteiger partial charge in [-0.2, -0.15) is 0 Å². The predicted octanol–water partition coefficient (Wildman–Crippen LogP) is 3.62. The molecule has 3 atom stereocenters. The summed E-state index contributed by atoms with van der Waals surface area (Å²) in [7, 11) is 2.14. The minimum atomic E-state index is -0.486. The van der Waals surface area contributed by atoms with Crippen LogP contribution in [0.5, 0.6) is 0 Å². The average molecular weight is 312 g/mol. The Kier molecular flexibility index (Phi) is 6.24. The number of nitrogens with zero attached hydrogens (tertiary/aromatic N) is 1. The number of hydrogen-bond acceptors (Lipinski definition) is 3. The van der Waals surface area contributed by atoms with Crippen LogP contribution in [0.3, 0.4) is 0 Å². The molecule has 21 heavy (non-hydrogen) atoms. The van der Waals surface area contributed by atoms with Crippen LogP contribution >= 0.6 is 12.4 Å². The molecule has 118 valence electrons. The number of carbonyl (C=O) groups excluding carboxylic acids is 1. The summed E-state index contributed by atoms with van der Waals surface area (Å²) in [6.07, 6.45) is 1.27. The van der Waals surface area contributed by atoms with E-state index in [9.17, 15) is 4.79 Å². The minimum Gasteiger partial charge on any atom is -0.454 e. The topological polar surface area (TPSA) is 29.5 Å². The molecule has 1 aliphatic rings. The van der Waals surface area contributed by atoms with Gasteiger partial charge in [0, 0.05) is 31.3 Å². The van der Waals surface area contributed by atoms with Crippen LogP contribution in [-0.4, -0.2) is 30.5 Å². The van der Waals surface area contributed by atoms with Crippen LogP contribution in [0.4, 0.5) is 0 Å². The number of benzene rings is 1. The first kappa shape index (κ1) is 18.0. The van der Waals surface area contributed by atoms with Gasteiger partial charge in [-0.15, -0.1) is 12.4 Å². The molecule has 4 heteroatoms. The third-order valence-corrected chi connectivity index (χ3v) is 4.56. The fraction of sp³-hybridized carbons (Fsp3) is 0.588. The molecule has 1 fully saturated rings. The molecule has 0 spiro atoms. The van der Waals surface area contributed by atoms with Crippen LogP contribution in [0.2, 0.25) is 0 Å². The van der Waals surface area contributed by atoms with Gasteiger partial charge in [0.1, 0.15) is 5.60 Å². The summed E-state index contributed by atoms with van der Waals surface area (Å²) < 4.78 is 5.98. The van der Waals surface area contributed by atoms with Crippen molar-refractivity contribution in [3.05, 3.63) is 35.9 Å². The lowest BCUT2D eigenvalue weighted by Gasteiger charge is -2.48. The highest BCUT2D eigenvalue weighted by Gasteiger charge is 2.46. The van der Waals surface area contributed by atoms with Crippen molar-refractivity contribution in [1.82, 2.24) is 4.90 Å². The number of rotatable bonds is 3. The Labute approximate surface area is 134 Å². The van der Waals surface area contributed by atoms with Gasteiger partial charge in [0.05, 0.1) is 0 Å². The Hall–Kier alpha value is -1.06. The van der Waals surface area contributed by atoms with Crippen LogP contribution in [-0.2, 0) is 15.1 Å². The van der Waals surface area contributed by atoms with Gasteiger partial charge in [-0.1, -0.05) is 44.2 Å². The minimum absolute atomic E-state index is 0. The van der Waals surface area contributed by atoms with Crippen molar-refractivity contribution in [3.63, 3.8) is 0 Å². The Balaban J connectivity index is 0.00000220. The summed E-state index contributed by atoms with van der Waals surface area (Å²) >= 11 is 0. The Morgan fingerprint density at radius 1 is 1.33 bits per heavy atom. The monoisotopic (exact) mass is 311 g/mol. The van der Waals surface area contributed by atoms with Gasteiger partial charge < -0.3 is 9.64 Å². The molecule has 0 radical (unpaired) electrons.